The average molecular weight is 170 g/mol. The minimum atomic E-state index is 0.365. The first kappa shape index (κ1) is 8.89. The van der Waals surface area contributed by atoms with Gasteiger partial charge in [-0.1, -0.05) is 0 Å². The summed E-state index contributed by atoms with van der Waals surface area (Å²) in [5.41, 5.74) is 0. The van der Waals surface area contributed by atoms with Gasteiger partial charge in [0, 0.05) is 17.8 Å². The van der Waals surface area contributed by atoms with Crippen LogP contribution >= 0.6 is 11.8 Å². The van der Waals surface area contributed by atoms with Crippen molar-refractivity contribution in [1.82, 2.24) is 5.32 Å². The van der Waals surface area contributed by atoms with E-state index in [0.717, 1.165) is 0 Å². The number of nitrogens with zero attached hydrogens (tertiary/aromatic N) is 1. The molecule has 1 heterocycles. The van der Waals surface area contributed by atoms with E-state index in [1.54, 1.807) is 0 Å². The van der Waals surface area contributed by atoms with Crippen LogP contribution in [0.2, 0.25) is 0 Å². The van der Waals surface area contributed by atoms with Gasteiger partial charge in [0.05, 0.1) is 12.5 Å². The molecule has 1 rings (SSSR count). The van der Waals surface area contributed by atoms with Crippen LogP contribution in [0.5, 0.6) is 0 Å². The Hall–Kier alpha value is -0.200. The summed E-state index contributed by atoms with van der Waals surface area (Å²) >= 11 is 2.00. The Morgan fingerprint density at radius 1 is 1.82 bits per heavy atom. The number of rotatable bonds is 3. The Balaban J connectivity index is 2.14. The van der Waals surface area contributed by atoms with E-state index in [2.05, 4.69) is 18.3 Å². The van der Waals surface area contributed by atoms with Crippen molar-refractivity contribution >= 4 is 11.8 Å². The van der Waals surface area contributed by atoms with Gasteiger partial charge in [-0.2, -0.15) is 17.0 Å². The second-order valence-electron chi connectivity index (χ2n) is 2.99. The molecule has 11 heavy (non-hydrogen) atoms. The predicted octanol–water partition coefficient (Wildman–Crippen LogP) is 1.38. The summed E-state index contributed by atoms with van der Waals surface area (Å²) in [6.07, 6.45) is 1.89. The van der Waals surface area contributed by atoms with Crippen LogP contribution < -0.4 is 5.32 Å². The quantitative estimate of drug-likeness (QED) is 0.695. The normalized spacial score (nSPS) is 26.4. The van der Waals surface area contributed by atoms with Gasteiger partial charge in [-0.3, -0.25) is 0 Å². The van der Waals surface area contributed by atoms with E-state index in [-0.39, 0.29) is 0 Å². The Labute approximate surface area is 72.4 Å². The highest BCUT2D eigenvalue weighted by Gasteiger charge is 2.16. The van der Waals surface area contributed by atoms with Crippen LogP contribution in [0.15, 0.2) is 0 Å². The highest BCUT2D eigenvalue weighted by atomic mass is 32.2. The Bertz CT molecular complexity index is 147. The molecule has 1 fully saturated rings. The molecule has 1 saturated heterocycles. The molecule has 1 aliphatic rings. The van der Waals surface area contributed by atoms with E-state index in [9.17, 15) is 0 Å². The van der Waals surface area contributed by atoms with Crippen LogP contribution in [0.3, 0.4) is 0 Å². The highest BCUT2D eigenvalue weighted by Crippen LogP contribution is 2.17. The molecule has 1 N–H and O–H groups in total. The molecule has 0 aromatic heterocycles. The number of hydrogen-bond donors (Lipinski definition) is 1. The minimum Gasteiger partial charge on any atom is -0.310 e. The van der Waals surface area contributed by atoms with Crippen LogP contribution in [-0.4, -0.2) is 23.6 Å². The summed E-state index contributed by atoms with van der Waals surface area (Å²) in [6.45, 7) is 2.08. The van der Waals surface area contributed by atoms with Crippen molar-refractivity contribution in [3.63, 3.8) is 0 Å². The third-order valence-electron chi connectivity index (χ3n) is 1.85. The van der Waals surface area contributed by atoms with Gasteiger partial charge >= 0.3 is 0 Å². The maximum Gasteiger partial charge on any atom is 0.0638 e. The van der Waals surface area contributed by atoms with Crippen molar-refractivity contribution in [2.45, 2.75) is 31.8 Å². The lowest BCUT2D eigenvalue weighted by Gasteiger charge is -2.15. The zero-order chi connectivity index (χ0) is 8.10. The fourth-order valence-corrected chi connectivity index (χ4v) is 2.43. The molecule has 2 unspecified atom stereocenters. The zero-order valence-electron chi connectivity index (χ0n) is 6.84. The molecule has 0 bridgehead atoms. The van der Waals surface area contributed by atoms with Crippen molar-refractivity contribution in [2.24, 2.45) is 0 Å². The number of nitrogens with one attached hydrogen (secondary N) is 1. The van der Waals surface area contributed by atoms with E-state index in [0.29, 0.717) is 18.5 Å². The molecule has 0 spiro atoms. The topological polar surface area (TPSA) is 35.8 Å². The van der Waals surface area contributed by atoms with Crippen molar-refractivity contribution in [3.8, 4) is 6.07 Å². The van der Waals surface area contributed by atoms with Crippen molar-refractivity contribution in [3.05, 3.63) is 0 Å². The third kappa shape index (κ3) is 3.13. The van der Waals surface area contributed by atoms with Gasteiger partial charge in [-0.15, -0.1) is 0 Å². The molecule has 0 amide bonds. The largest absolute Gasteiger partial charge is 0.310 e. The monoisotopic (exact) mass is 170 g/mol. The van der Waals surface area contributed by atoms with E-state index >= 15 is 0 Å². The third-order valence-corrected chi connectivity index (χ3v) is 3.01. The van der Waals surface area contributed by atoms with Crippen LogP contribution in [0.1, 0.15) is 19.8 Å². The summed E-state index contributed by atoms with van der Waals surface area (Å²) in [6, 6.07) is 3.19. The van der Waals surface area contributed by atoms with Gasteiger partial charge < -0.3 is 5.32 Å². The molecule has 0 aliphatic carbocycles. The standard InChI is InChI=1S/C8H14N2S/c1-7(2-4-9)10-8-3-5-11-6-8/h7-8,10H,2-3,5-6H2,1H3. The molecular weight excluding hydrogens is 156 g/mol. The molecule has 0 radical (unpaired) electrons. The molecule has 2 atom stereocenters. The van der Waals surface area contributed by atoms with Gasteiger partial charge in [0.15, 0.2) is 0 Å². The van der Waals surface area contributed by atoms with Gasteiger partial charge in [-0.25, -0.2) is 0 Å². The fourth-order valence-electron chi connectivity index (χ4n) is 1.26. The molecule has 0 saturated carbocycles. The Morgan fingerprint density at radius 2 is 2.64 bits per heavy atom. The summed E-state index contributed by atoms with van der Waals surface area (Å²) in [4.78, 5) is 0. The SMILES string of the molecule is CC(CC#N)NC1CCSC1. The van der Waals surface area contributed by atoms with Crippen LogP contribution in [-0.2, 0) is 0 Å². The molecule has 0 aromatic carbocycles. The van der Waals surface area contributed by atoms with Gasteiger partial charge in [0.2, 0.25) is 0 Å². The Morgan fingerprint density at radius 3 is 3.18 bits per heavy atom. The molecule has 1 aliphatic heterocycles. The molecule has 3 heteroatoms. The lowest BCUT2D eigenvalue weighted by molar-refractivity contribution is 0.477. The zero-order valence-corrected chi connectivity index (χ0v) is 7.66. The summed E-state index contributed by atoms with van der Waals surface area (Å²) in [5, 5.41) is 11.9. The first-order valence-corrected chi connectivity index (χ1v) is 5.19. The smallest absolute Gasteiger partial charge is 0.0638 e. The maximum atomic E-state index is 8.42. The lowest BCUT2D eigenvalue weighted by atomic mass is 10.2. The van der Waals surface area contributed by atoms with Crippen molar-refractivity contribution in [2.75, 3.05) is 11.5 Å². The number of nitriles is 1. The van der Waals surface area contributed by atoms with Crippen molar-refractivity contribution < 1.29 is 0 Å². The lowest BCUT2D eigenvalue weighted by Crippen LogP contribution is -2.36. The van der Waals surface area contributed by atoms with E-state index < -0.39 is 0 Å². The van der Waals surface area contributed by atoms with Crippen molar-refractivity contribution in [1.29, 1.82) is 5.26 Å². The Kier molecular flexibility index (Phi) is 3.74. The molecule has 62 valence electrons. The maximum absolute atomic E-state index is 8.42. The number of thioether (sulfide) groups is 1. The summed E-state index contributed by atoms with van der Waals surface area (Å²) < 4.78 is 0. The van der Waals surface area contributed by atoms with E-state index in [1.165, 1.54) is 17.9 Å². The molecular formula is C8H14N2S. The van der Waals surface area contributed by atoms with E-state index in [4.69, 9.17) is 5.26 Å². The summed E-state index contributed by atoms with van der Waals surface area (Å²) in [5.74, 6) is 2.49. The number of hydrogen-bond acceptors (Lipinski definition) is 3. The minimum absolute atomic E-state index is 0.365. The molecule has 0 aromatic rings. The fraction of sp³-hybridized carbons (Fsp3) is 0.875. The first-order valence-electron chi connectivity index (χ1n) is 4.03. The van der Waals surface area contributed by atoms with Crippen LogP contribution in [0.25, 0.3) is 0 Å². The highest BCUT2D eigenvalue weighted by molar-refractivity contribution is 7.99. The average Bonchev–Trinajstić information content (AvgIpc) is 2.40. The van der Waals surface area contributed by atoms with Crippen LogP contribution in [0, 0.1) is 11.3 Å². The summed E-state index contributed by atoms with van der Waals surface area (Å²) in [7, 11) is 0. The molecule has 2 nitrogen and oxygen atoms in total. The van der Waals surface area contributed by atoms with Crippen LogP contribution in [0.4, 0.5) is 0 Å². The first-order chi connectivity index (χ1) is 5.33. The van der Waals surface area contributed by atoms with Gasteiger partial charge in [0.25, 0.3) is 0 Å². The second-order valence-corrected chi connectivity index (χ2v) is 4.14. The van der Waals surface area contributed by atoms with Gasteiger partial charge in [0.1, 0.15) is 0 Å². The van der Waals surface area contributed by atoms with E-state index in [1.807, 2.05) is 11.8 Å². The van der Waals surface area contributed by atoms with Gasteiger partial charge in [-0.05, 0) is 19.1 Å². The predicted molar refractivity (Wildman–Crippen MR) is 48.6 cm³/mol. The second kappa shape index (κ2) is 4.63.